The number of aliphatic hydroxyl groups is 1. The van der Waals surface area contributed by atoms with E-state index in [-0.39, 0.29) is 5.82 Å². The topological polar surface area (TPSA) is 80.7 Å². The number of fused-ring (bicyclic) bond motifs is 1. The maximum Gasteiger partial charge on any atom is 0.269 e. The van der Waals surface area contributed by atoms with Crippen molar-refractivity contribution in [2.24, 2.45) is 13.0 Å². The largest absolute Gasteiger partial charge is 0.481 e. The molecule has 1 atom stereocenters. The molecule has 0 saturated carbocycles. The van der Waals surface area contributed by atoms with Crippen molar-refractivity contribution in [3.05, 3.63) is 87.9 Å². The second-order valence-electron chi connectivity index (χ2n) is 9.72. The van der Waals surface area contributed by atoms with Crippen molar-refractivity contribution < 1.29 is 9.84 Å². The zero-order valence-corrected chi connectivity index (χ0v) is 21.9. The molecule has 1 fully saturated rings. The van der Waals surface area contributed by atoms with E-state index in [9.17, 15) is 5.11 Å². The van der Waals surface area contributed by atoms with Gasteiger partial charge in [0.2, 0.25) is 5.88 Å². The summed E-state index contributed by atoms with van der Waals surface area (Å²) in [5, 5.41) is 13.6. The van der Waals surface area contributed by atoms with Gasteiger partial charge in [-0.3, -0.25) is 4.90 Å². The molecule has 0 aliphatic carbocycles. The van der Waals surface area contributed by atoms with E-state index >= 15 is 0 Å². The smallest absolute Gasteiger partial charge is 0.269 e. The number of aryl methyl sites for hydroxylation is 1. The molecule has 4 aromatic rings. The molecule has 0 bridgehead atoms. The first-order chi connectivity index (χ1) is 17.8. The number of halogens is 1. The van der Waals surface area contributed by atoms with Gasteiger partial charge in [-0.2, -0.15) is 0 Å². The molecular formula is C28H29ClN6O2. The van der Waals surface area contributed by atoms with Gasteiger partial charge >= 0.3 is 0 Å². The van der Waals surface area contributed by atoms with Crippen LogP contribution < -0.4 is 4.74 Å². The van der Waals surface area contributed by atoms with Crippen LogP contribution in [0.4, 0.5) is 5.82 Å². The van der Waals surface area contributed by atoms with Crippen LogP contribution >= 0.6 is 11.6 Å². The van der Waals surface area contributed by atoms with Gasteiger partial charge in [0, 0.05) is 30.1 Å². The second kappa shape index (κ2) is 10.1. The zero-order valence-electron chi connectivity index (χ0n) is 21.1. The van der Waals surface area contributed by atoms with Crippen molar-refractivity contribution in [3.63, 3.8) is 0 Å². The fraction of sp³-hybridized carbons (Fsp3) is 0.357. The third kappa shape index (κ3) is 4.55. The first-order valence-corrected chi connectivity index (χ1v) is 12.6. The van der Waals surface area contributed by atoms with Crippen molar-refractivity contribution in [1.82, 2.24) is 24.4 Å². The van der Waals surface area contributed by atoms with E-state index in [1.54, 1.807) is 36.3 Å². The molecular weight excluding hydrogens is 488 g/mol. The number of imidazole rings is 1. The van der Waals surface area contributed by atoms with E-state index in [1.165, 1.54) is 6.20 Å². The van der Waals surface area contributed by atoms with Crippen LogP contribution in [0.2, 0.25) is 5.02 Å². The number of methoxy groups -OCH3 is 1. The Kier molecular flexibility index (Phi) is 6.86. The summed E-state index contributed by atoms with van der Waals surface area (Å²) in [7, 11) is 3.44. The molecule has 1 unspecified atom stereocenters. The molecule has 1 aliphatic heterocycles. The quantitative estimate of drug-likeness (QED) is 0.359. The number of hydrogen-bond donors (Lipinski definition) is 1. The Balaban J connectivity index is 1.65. The van der Waals surface area contributed by atoms with Gasteiger partial charge in [-0.15, -0.1) is 4.98 Å². The summed E-state index contributed by atoms with van der Waals surface area (Å²) in [6.07, 6.45) is 7.11. The number of ether oxygens (including phenoxy) is 1. The predicted octanol–water partition coefficient (Wildman–Crippen LogP) is 5.09. The summed E-state index contributed by atoms with van der Waals surface area (Å²) in [6.45, 7) is 12.2. The molecule has 37 heavy (non-hydrogen) atoms. The van der Waals surface area contributed by atoms with Crippen molar-refractivity contribution in [2.45, 2.75) is 31.9 Å². The third-order valence-electron chi connectivity index (χ3n) is 7.31. The highest BCUT2D eigenvalue weighted by atomic mass is 35.5. The fourth-order valence-corrected chi connectivity index (χ4v) is 5.34. The minimum Gasteiger partial charge on any atom is -0.481 e. The highest BCUT2D eigenvalue weighted by molar-refractivity contribution is 6.36. The van der Waals surface area contributed by atoms with Gasteiger partial charge in [-0.1, -0.05) is 37.2 Å². The molecule has 9 heteroatoms. The molecule has 1 N–H and O–H groups in total. The summed E-state index contributed by atoms with van der Waals surface area (Å²) in [6, 6.07) is 8.86. The molecule has 0 spiro atoms. The van der Waals surface area contributed by atoms with Gasteiger partial charge in [0.05, 0.1) is 35.9 Å². The molecule has 3 aromatic heterocycles. The summed E-state index contributed by atoms with van der Waals surface area (Å²) in [5.74, 6) is 1.50. The zero-order chi connectivity index (χ0) is 26.2. The van der Waals surface area contributed by atoms with E-state index in [0.717, 1.165) is 42.8 Å². The van der Waals surface area contributed by atoms with E-state index in [1.807, 2.05) is 25.2 Å². The standard InChI is InChI=1S/C28H29ClN6O2/c1-18-9-11-35(12-10-18)16-22-26(29)21-13-19(5-7-23(21)33-27(22)37-4)28(36,24-15-31-17-34(24)3)20-6-8-25(30-2)32-14-20/h5-8,13-15,17-18,36H,9-12,16H2,1,3-4H3. The maximum atomic E-state index is 12.3. The predicted molar refractivity (Wildman–Crippen MR) is 143 cm³/mol. The van der Waals surface area contributed by atoms with E-state index < -0.39 is 5.60 Å². The van der Waals surface area contributed by atoms with E-state index in [2.05, 4.69) is 26.6 Å². The molecule has 0 radical (unpaired) electrons. The van der Waals surface area contributed by atoms with Crippen molar-refractivity contribution in [1.29, 1.82) is 0 Å². The lowest BCUT2D eigenvalue weighted by Crippen LogP contribution is -2.32. The van der Waals surface area contributed by atoms with Gasteiger partial charge in [0.25, 0.3) is 5.82 Å². The molecule has 8 nitrogen and oxygen atoms in total. The van der Waals surface area contributed by atoms with Crippen molar-refractivity contribution in [2.75, 3.05) is 20.2 Å². The summed E-state index contributed by atoms with van der Waals surface area (Å²) in [4.78, 5) is 19.0. The van der Waals surface area contributed by atoms with Crippen LogP contribution in [0.25, 0.3) is 15.7 Å². The number of rotatable bonds is 6. The average molecular weight is 517 g/mol. The van der Waals surface area contributed by atoms with Crippen LogP contribution in [0.1, 0.15) is 42.1 Å². The Morgan fingerprint density at radius 3 is 2.57 bits per heavy atom. The van der Waals surface area contributed by atoms with E-state index in [0.29, 0.717) is 39.8 Å². The number of benzene rings is 1. The van der Waals surface area contributed by atoms with Crippen LogP contribution in [0.15, 0.2) is 49.1 Å². The number of pyridine rings is 2. The molecule has 1 aromatic carbocycles. The molecule has 4 heterocycles. The summed E-state index contributed by atoms with van der Waals surface area (Å²) >= 11 is 7.05. The van der Waals surface area contributed by atoms with Gasteiger partial charge < -0.3 is 19.3 Å². The molecule has 190 valence electrons. The fourth-order valence-electron chi connectivity index (χ4n) is 5.05. The SMILES string of the molecule is [C-]#[N+]c1ccc(C(O)(c2ccc3nc(OC)c(CN4CCC(C)CC4)c(Cl)c3c2)c2cncn2C)cn1. The van der Waals surface area contributed by atoms with Crippen LogP contribution in [-0.2, 0) is 19.2 Å². The highest BCUT2D eigenvalue weighted by Crippen LogP contribution is 2.40. The number of likely N-dealkylation sites (tertiary alicyclic amines) is 1. The Morgan fingerprint density at radius 1 is 1.19 bits per heavy atom. The van der Waals surface area contributed by atoms with Gasteiger partial charge in [-0.25, -0.2) is 9.97 Å². The number of piperidine rings is 1. The first kappa shape index (κ1) is 25.2. The second-order valence-corrected chi connectivity index (χ2v) is 10.1. The lowest BCUT2D eigenvalue weighted by atomic mass is 9.83. The minimum absolute atomic E-state index is 0.255. The lowest BCUT2D eigenvalue weighted by molar-refractivity contribution is 0.117. The minimum atomic E-state index is -1.58. The Labute approximate surface area is 221 Å². The van der Waals surface area contributed by atoms with Crippen molar-refractivity contribution in [3.8, 4) is 5.88 Å². The van der Waals surface area contributed by atoms with Gasteiger partial charge in [-0.05, 0) is 55.6 Å². The Bertz CT molecular complexity index is 1470. The summed E-state index contributed by atoms with van der Waals surface area (Å²) in [5.41, 5.74) is 1.60. The van der Waals surface area contributed by atoms with Gasteiger partial charge in [0.15, 0.2) is 5.60 Å². The monoisotopic (exact) mass is 516 g/mol. The highest BCUT2D eigenvalue weighted by Gasteiger charge is 2.38. The third-order valence-corrected chi connectivity index (χ3v) is 7.75. The maximum absolute atomic E-state index is 12.3. The van der Waals surface area contributed by atoms with Gasteiger partial charge in [0.1, 0.15) is 6.20 Å². The molecule has 1 saturated heterocycles. The van der Waals surface area contributed by atoms with Crippen LogP contribution in [0.5, 0.6) is 5.88 Å². The Morgan fingerprint density at radius 2 is 1.95 bits per heavy atom. The lowest BCUT2D eigenvalue weighted by Gasteiger charge is -2.31. The van der Waals surface area contributed by atoms with Crippen LogP contribution in [-0.4, -0.2) is 49.7 Å². The van der Waals surface area contributed by atoms with E-state index in [4.69, 9.17) is 27.9 Å². The molecule has 5 rings (SSSR count). The first-order valence-electron chi connectivity index (χ1n) is 12.3. The Hall–Kier alpha value is -3.51. The van der Waals surface area contributed by atoms with Crippen LogP contribution in [0.3, 0.4) is 0 Å². The normalized spacial score (nSPS) is 16.4. The average Bonchev–Trinajstić information content (AvgIpc) is 3.37. The number of aromatic nitrogens is 4. The molecule has 0 amide bonds. The summed E-state index contributed by atoms with van der Waals surface area (Å²) < 4.78 is 7.41. The van der Waals surface area contributed by atoms with Crippen LogP contribution in [0, 0.1) is 12.5 Å². The number of nitrogens with zero attached hydrogens (tertiary/aromatic N) is 6. The number of hydrogen-bond acceptors (Lipinski definition) is 6. The van der Waals surface area contributed by atoms with Crippen molar-refractivity contribution >= 4 is 28.3 Å². The molecule has 1 aliphatic rings.